The Balaban J connectivity index is -0.000000183. The number of carboxylic acids is 2. The average molecular weight is 575 g/mol. The molecule has 0 atom stereocenters. The van der Waals surface area contributed by atoms with Crippen LogP contribution in [0.1, 0.15) is 194 Å². The van der Waals surface area contributed by atoms with E-state index >= 15 is 0 Å². The zero-order chi connectivity index (χ0) is 27.0. The Labute approximate surface area is 287 Å². The van der Waals surface area contributed by atoms with Crippen LogP contribution in [-0.2, 0) is 9.59 Å². The fraction of sp³-hybridized carbons (Fsp3) is 0.938. The Kier molecular flexibility index (Phi) is 58.3. The smallest absolute Gasteiger partial charge is 0.550 e. The summed E-state index contributed by atoms with van der Waals surface area (Å²) < 4.78 is 0. The van der Waals surface area contributed by atoms with E-state index in [1.54, 1.807) is 0 Å². The molecule has 0 heterocycles. The third-order valence-electron chi connectivity index (χ3n) is 6.97. The van der Waals surface area contributed by atoms with Gasteiger partial charge in [-0.1, -0.05) is 168 Å². The second-order valence-corrected chi connectivity index (χ2v) is 10.7. The molecule has 224 valence electrons. The van der Waals surface area contributed by atoms with Crippen LogP contribution in [0.2, 0.25) is 0 Å². The summed E-state index contributed by atoms with van der Waals surface area (Å²) in [7, 11) is 0. The first-order valence-electron chi connectivity index (χ1n) is 15.9. The fourth-order valence-corrected chi connectivity index (χ4v) is 4.57. The molecule has 0 aliphatic carbocycles. The molecule has 0 amide bonds. The number of rotatable bonds is 28. The monoisotopic (exact) mass is 574 g/mol. The minimum Gasteiger partial charge on any atom is -0.550 e. The Morgan fingerprint density at radius 3 is 0.667 bits per heavy atom. The van der Waals surface area contributed by atoms with Crippen molar-refractivity contribution < 1.29 is 84.4 Å². The van der Waals surface area contributed by atoms with Gasteiger partial charge in [-0.05, 0) is 25.7 Å². The van der Waals surface area contributed by atoms with E-state index in [1.807, 2.05) is 0 Å². The molecule has 0 unspecified atom stereocenters. The zero-order valence-electron chi connectivity index (χ0n) is 26.9. The van der Waals surface area contributed by atoms with E-state index in [4.69, 9.17) is 0 Å². The zero-order valence-corrected chi connectivity index (χ0v) is 30.9. The van der Waals surface area contributed by atoms with Crippen LogP contribution in [0.3, 0.4) is 0 Å². The van der Waals surface area contributed by atoms with Gasteiger partial charge in [-0.15, -0.1) is 0 Å². The molecule has 2 N–H and O–H groups in total. The summed E-state index contributed by atoms with van der Waals surface area (Å²) in [5.41, 5.74) is 0. The van der Waals surface area contributed by atoms with Crippen LogP contribution in [0.25, 0.3) is 0 Å². The standard InChI is InChI=1S/2C16H32O2.2Na.H2O/c2*1-2-3-4-5-6-7-8-9-10-11-12-13-14-15-16(17)18;;;/h2*2-15H2,1H3,(H,17,18);;;1H2/q;;2*+1;/p-2. The Bertz CT molecular complexity index is 410. The van der Waals surface area contributed by atoms with Crippen LogP contribution < -0.4 is 69.3 Å². The third kappa shape index (κ3) is 55.5. The summed E-state index contributed by atoms with van der Waals surface area (Å²) >= 11 is 0. The number of hydrogen-bond donors (Lipinski definition) is 0. The predicted octanol–water partition coefficient (Wildman–Crippen LogP) is 1.62. The fourth-order valence-electron chi connectivity index (χ4n) is 4.57. The van der Waals surface area contributed by atoms with Crippen molar-refractivity contribution in [1.82, 2.24) is 0 Å². The number of carbonyl (C=O) groups is 2. The minimum atomic E-state index is -0.905. The van der Waals surface area contributed by atoms with E-state index in [9.17, 15) is 19.8 Å². The second-order valence-electron chi connectivity index (χ2n) is 10.7. The van der Waals surface area contributed by atoms with Crippen molar-refractivity contribution in [1.29, 1.82) is 0 Å². The van der Waals surface area contributed by atoms with Crippen LogP contribution in [0.15, 0.2) is 0 Å². The molecule has 5 nitrogen and oxygen atoms in total. The van der Waals surface area contributed by atoms with Crippen molar-refractivity contribution in [2.45, 2.75) is 194 Å². The average Bonchev–Trinajstić information content (AvgIpc) is 2.85. The molecule has 0 aliphatic rings. The number of carboxylic acid groups (broad SMARTS) is 2. The molecule has 0 aromatic rings. The SMILES string of the molecule is CCCCCCCCCCCCCCCC(=O)[O-].CCCCCCCCCCCCCCCC(=O)[O-].O.[Na+].[Na+]. The Hall–Kier alpha value is 0.900. The van der Waals surface area contributed by atoms with Gasteiger partial charge in [0, 0.05) is 11.9 Å². The summed E-state index contributed by atoms with van der Waals surface area (Å²) in [6, 6.07) is 0. The quantitative estimate of drug-likeness (QED) is 0.104. The first kappa shape index (κ1) is 49.6. The van der Waals surface area contributed by atoms with Gasteiger partial charge in [0.05, 0.1) is 0 Å². The number of unbranched alkanes of at least 4 members (excludes halogenated alkanes) is 24. The van der Waals surface area contributed by atoms with Crippen molar-refractivity contribution >= 4 is 11.9 Å². The van der Waals surface area contributed by atoms with Crippen LogP contribution in [-0.4, -0.2) is 17.4 Å². The molecule has 0 aromatic heterocycles. The van der Waals surface area contributed by atoms with Gasteiger partial charge in [0.25, 0.3) is 0 Å². The van der Waals surface area contributed by atoms with Gasteiger partial charge in [0.2, 0.25) is 0 Å². The van der Waals surface area contributed by atoms with Gasteiger partial charge in [-0.2, -0.15) is 0 Å². The Morgan fingerprint density at radius 2 is 0.513 bits per heavy atom. The maximum Gasteiger partial charge on any atom is 1.00 e. The van der Waals surface area contributed by atoms with Crippen LogP contribution in [0.4, 0.5) is 0 Å². The van der Waals surface area contributed by atoms with Crippen molar-refractivity contribution in [2.75, 3.05) is 0 Å². The normalized spacial score (nSPS) is 9.90. The molecular weight excluding hydrogens is 510 g/mol. The number of aliphatic carboxylic acids is 2. The van der Waals surface area contributed by atoms with E-state index in [0.29, 0.717) is 0 Å². The van der Waals surface area contributed by atoms with Gasteiger partial charge in [-0.3, -0.25) is 0 Å². The van der Waals surface area contributed by atoms with Gasteiger partial charge >= 0.3 is 59.1 Å². The summed E-state index contributed by atoms with van der Waals surface area (Å²) in [4.78, 5) is 20.4. The minimum absolute atomic E-state index is 0. The molecular formula is C32H64Na2O5. The second kappa shape index (κ2) is 45.9. The van der Waals surface area contributed by atoms with Gasteiger partial charge < -0.3 is 25.3 Å². The summed E-state index contributed by atoms with van der Waals surface area (Å²) in [5, 5.41) is 20.4. The van der Waals surface area contributed by atoms with Crippen molar-refractivity contribution in [3.8, 4) is 0 Å². The van der Waals surface area contributed by atoms with E-state index in [-0.39, 0.29) is 77.4 Å². The molecule has 7 heteroatoms. The van der Waals surface area contributed by atoms with Crippen LogP contribution in [0.5, 0.6) is 0 Å². The molecule has 0 fully saturated rings. The van der Waals surface area contributed by atoms with Crippen LogP contribution in [0, 0.1) is 0 Å². The number of carbonyl (C=O) groups excluding carboxylic acids is 2. The molecule has 0 radical (unpaired) electrons. The van der Waals surface area contributed by atoms with Crippen LogP contribution >= 0.6 is 0 Å². The molecule has 0 saturated heterocycles. The number of hydrogen-bond acceptors (Lipinski definition) is 4. The summed E-state index contributed by atoms with van der Waals surface area (Å²) in [5.74, 6) is -1.81. The van der Waals surface area contributed by atoms with Gasteiger partial charge in [-0.25, -0.2) is 0 Å². The van der Waals surface area contributed by atoms with Crippen molar-refractivity contribution in [3.05, 3.63) is 0 Å². The maximum absolute atomic E-state index is 10.2. The van der Waals surface area contributed by atoms with E-state index in [1.165, 1.54) is 141 Å². The first-order valence-corrected chi connectivity index (χ1v) is 15.9. The van der Waals surface area contributed by atoms with E-state index in [0.717, 1.165) is 25.7 Å². The third-order valence-corrected chi connectivity index (χ3v) is 6.97. The molecule has 39 heavy (non-hydrogen) atoms. The topological polar surface area (TPSA) is 112 Å². The summed E-state index contributed by atoms with van der Waals surface area (Å²) in [6.07, 6.45) is 33.9. The van der Waals surface area contributed by atoms with Crippen molar-refractivity contribution in [3.63, 3.8) is 0 Å². The molecule has 0 saturated carbocycles. The largest absolute Gasteiger partial charge is 1.00 e. The van der Waals surface area contributed by atoms with Gasteiger partial charge in [0.15, 0.2) is 0 Å². The molecule has 0 aromatic carbocycles. The predicted molar refractivity (Wildman–Crippen MR) is 154 cm³/mol. The summed E-state index contributed by atoms with van der Waals surface area (Å²) in [6.45, 7) is 4.51. The molecule has 0 aliphatic heterocycles. The van der Waals surface area contributed by atoms with Gasteiger partial charge in [0.1, 0.15) is 0 Å². The maximum atomic E-state index is 10.2. The van der Waals surface area contributed by atoms with E-state index < -0.39 is 11.9 Å². The molecule has 0 spiro atoms. The Morgan fingerprint density at radius 1 is 0.359 bits per heavy atom. The molecule has 0 bridgehead atoms. The first-order chi connectivity index (χ1) is 17.5. The van der Waals surface area contributed by atoms with Crippen molar-refractivity contribution in [2.24, 2.45) is 0 Å². The van der Waals surface area contributed by atoms with E-state index in [2.05, 4.69) is 13.8 Å². The molecule has 0 rings (SSSR count).